The van der Waals surface area contributed by atoms with Gasteiger partial charge in [0.05, 0.1) is 11.1 Å². The quantitative estimate of drug-likeness (QED) is 0.488. The first-order valence-electron chi connectivity index (χ1n) is 10.6. The Morgan fingerprint density at radius 2 is 1.94 bits per heavy atom. The molecule has 2 aromatic carbocycles. The number of aliphatic carboxylic acids is 1. The third-order valence-electron chi connectivity index (χ3n) is 6.35. The van der Waals surface area contributed by atoms with Crippen molar-refractivity contribution < 1.29 is 42.0 Å². The number of hydrogen-bond donors (Lipinski definition) is 3. The maximum Gasteiger partial charge on any atom is 0.490 e. The van der Waals surface area contributed by atoms with Crippen LogP contribution >= 0.6 is 11.6 Å². The number of aliphatic hydroxyl groups excluding tert-OH is 1. The number of carboxylic acid groups (broad SMARTS) is 1. The summed E-state index contributed by atoms with van der Waals surface area (Å²) in [4.78, 5) is 13.6. The van der Waals surface area contributed by atoms with E-state index < -0.39 is 29.6 Å². The van der Waals surface area contributed by atoms with E-state index in [0.29, 0.717) is 29.7 Å². The third kappa shape index (κ3) is 4.74. The number of carbonyl (C=O) groups is 1. The zero-order valence-corrected chi connectivity index (χ0v) is 18.8. The Hall–Kier alpha value is -3.05. The van der Waals surface area contributed by atoms with E-state index in [-0.39, 0.29) is 29.7 Å². The van der Waals surface area contributed by atoms with Crippen LogP contribution < -0.4 is 10.5 Å². The van der Waals surface area contributed by atoms with E-state index in [1.807, 2.05) is 18.2 Å². The average Bonchev–Trinajstić information content (AvgIpc) is 3.18. The van der Waals surface area contributed by atoms with Crippen LogP contribution in [-0.2, 0) is 15.1 Å². The number of fused-ring (bicyclic) bond motifs is 4. The highest BCUT2D eigenvalue weighted by molar-refractivity contribution is 6.31. The van der Waals surface area contributed by atoms with Crippen molar-refractivity contribution in [3.05, 3.63) is 52.8 Å². The third-order valence-corrected chi connectivity index (χ3v) is 6.64. The molecule has 0 bridgehead atoms. The second-order valence-corrected chi connectivity index (χ2v) is 8.92. The summed E-state index contributed by atoms with van der Waals surface area (Å²) in [5.41, 5.74) is 7.05. The summed E-state index contributed by atoms with van der Waals surface area (Å²) < 4.78 is 58.2. The molecule has 2 aliphatic heterocycles. The van der Waals surface area contributed by atoms with Crippen molar-refractivity contribution in [2.75, 3.05) is 6.61 Å². The van der Waals surface area contributed by atoms with Gasteiger partial charge < -0.3 is 25.4 Å². The fourth-order valence-electron chi connectivity index (χ4n) is 4.77. The second-order valence-electron chi connectivity index (χ2n) is 8.51. The smallest absolute Gasteiger partial charge is 0.490 e. The molecule has 1 aliphatic carbocycles. The van der Waals surface area contributed by atoms with Gasteiger partial charge in [0.15, 0.2) is 0 Å². The van der Waals surface area contributed by atoms with Crippen molar-refractivity contribution in [2.24, 2.45) is 16.6 Å². The van der Waals surface area contributed by atoms with Gasteiger partial charge in [-0.05, 0) is 43.0 Å². The molecule has 1 unspecified atom stereocenters. The van der Waals surface area contributed by atoms with E-state index in [4.69, 9.17) is 36.7 Å². The number of nitrogens with two attached hydrogens (primary N) is 1. The summed E-state index contributed by atoms with van der Waals surface area (Å²) in [6.45, 7) is 0.282. The number of rotatable bonds is 1. The summed E-state index contributed by atoms with van der Waals surface area (Å²) in [6, 6.07) is 10.6. The van der Waals surface area contributed by atoms with Crippen LogP contribution in [-0.4, -0.2) is 47.2 Å². The van der Waals surface area contributed by atoms with Gasteiger partial charge in [0.25, 0.3) is 6.02 Å². The average molecular weight is 517 g/mol. The molecule has 7 nitrogen and oxygen atoms in total. The van der Waals surface area contributed by atoms with Crippen molar-refractivity contribution in [2.45, 2.75) is 43.2 Å². The predicted molar refractivity (Wildman–Crippen MR) is 118 cm³/mol. The Labute approximate surface area is 202 Å². The Morgan fingerprint density at radius 3 is 2.57 bits per heavy atom. The molecule has 2 aromatic rings. The lowest BCUT2D eigenvalue weighted by Gasteiger charge is -2.47. The molecule has 0 saturated heterocycles. The molecular weight excluding hydrogens is 496 g/mol. The molecule has 4 N–H and O–H groups in total. The fraction of sp³-hybridized carbons (Fsp3) is 0.391. The van der Waals surface area contributed by atoms with Gasteiger partial charge in [-0.15, -0.1) is 0 Å². The highest BCUT2D eigenvalue weighted by Gasteiger charge is 2.55. The van der Waals surface area contributed by atoms with Crippen LogP contribution in [0.5, 0.6) is 5.75 Å². The van der Waals surface area contributed by atoms with E-state index in [2.05, 4.69) is 4.99 Å². The van der Waals surface area contributed by atoms with Crippen molar-refractivity contribution in [1.29, 1.82) is 0 Å². The molecule has 3 aliphatic rings. The van der Waals surface area contributed by atoms with Crippen molar-refractivity contribution in [3.63, 3.8) is 0 Å². The van der Waals surface area contributed by atoms with Gasteiger partial charge >= 0.3 is 12.1 Å². The standard InChI is InChI=1S/C21H20ClFN2O3.C2HF3O2/c22-16-3-1-2-13(19(16)23)11-4-6-17-14(8-11)21(10-27-20(24)25-21)15-9-12(26)5-7-18(15)28-17;3-2(4,5)1(6)7/h1-4,6,8,12,15,18,26H,5,7,9-10H2,(H2,24,25);(H,6,7)/t12-,15-,18-,21?;/m0./s1. The summed E-state index contributed by atoms with van der Waals surface area (Å²) >= 11 is 5.97. The maximum absolute atomic E-state index is 14.6. The number of halogens is 5. The van der Waals surface area contributed by atoms with Gasteiger partial charge in [-0.25, -0.2) is 14.2 Å². The second kappa shape index (κ2) is 9.19. The lowest BCUT2D eigenvalue weighted by Crippen LogP contribution is -2.51. The first kappa shape index (κ1) is 25.1. The number of nitrogens with zero attached hydrogens (tertiary/aromatic N) is 1. The Bertz CT molecular complexity index is 1180. The molecule has 5 rings (SSSR count). The molecule has 4 atom stereocenters. The van der Waals surface area contributed by atoms with E-state index >= 15 is 0 Å². The summed E-state index contributed by atoms with van der Waals surface area (Å²) in [5, 5.41) is 17.5. The molecule has 1 fully saturated rings. The maximum atomic E-state index is 14.6. The minimum absolute atomic E-state index is 0.0655. The molecule has 0 radical (unpaired) electrons. The molecule has 0 amide bonds. The summed E-state index contributed by atoms with van der Waals surface area (Å²) in [7, 11) is 0. The molecule has 35 heavy (non-hydrogen) atoms. The van der Waals surface area contributed by atoms with Crippen LogP contribution in [0.4, 0.5) is 17.6 Å². The number of hydrogen-bond acceptors (Lipinski definition) is 6. The molecule has 1 spiro atoms. The highest BCUT2D eigenvalue weighted by atomic mass is 35.5. The SMILES string of the molecule is NC1=NC2(CO1)c1cc(-c3cccc(Cl)c3F)ccc1O[C@H]1CC[C@H](O)C[C@@H]12.O=C(O)C(F)(F)F. The summed E-state index contributed by atoms with van der Waals surface area (Å²) in [6.07, 6.45) is -3.57. The van der Waals surface area contributed by atoms with E-state index in [1.54, 1.807) is 12.1 Å². The molecule has 2 heterocycles. The largest absolute Gasteiger partial charge is 0.490 e. The van der Waals surface area contributed by atoms with Crippen LogP contribution in [0.2, 0.25) is 5.02 Å². The number of benzene rings is 2. The Morgan fingerprint density at radius 1 is 1.23 bits per heavy atom. The summed E-state index contributed by atoms with van der Waals surface area (Å²) in [5.74, 6) is -2.59. The predicted octanol–water partition coefficient (Wildman–Crippen LogP) is 4.24. The highest BCUT2D eigenvalue weighted by Crippen LogP contribution is 2.53. The van der Waals surface area contributed by atoms with Gasteiger partial charge in [0, 0.05) is 17.0 Å². The number of carboxylic acids is 1. The van der Waals surface area contributed by atoms with Crippen molar-refractivity contribution >= 4 is 23.6 Å². The van der Waals surface area contributed by atoms with Crippen LogP contribution in [0.15, 0.2) is 41.4 Å². The van der Waals surface area contributed by atoms with Crippen LogP contribution in [0.25, 0.3) is 11.1 Å². The zero-order valence-electron chi connectivity index (χ0n) is 18.1. The topological polar surface area (TPSA) is 114 Å². The van der Waals surface area contributed by atoms with E-state index in [1.165, 1.54) is 6.07 Å². The van der Waals surface area contributed by atoms with Gasteiger partial charge in [-0.1, -0.05) is 29.8 Å². The van der Waals surface area contributed by atoms with Crippen molar-refractivity contribution in [1.82, 2.24) is 0 Å². The fourth-order valence-corrected chi connectivity index (χ4v) is 4.94. The minimum Gasteiger partial charge on any atom is -0.490 e. The van der Waals surface area contributed by atoms with Crippen LogP contribution in [0.1, 0.15) is 24.8 Å². The van der Waals surface area contributed by atoms with Gasteiger partial charge in [0.2, 0.25) is 0 Å². The van der Waals surface area contributed by atoms with Crippen molar-refractivity contribution in [3.8, 4) is 16.9 Å². The first-order valence-corrected chi connectivity index (χ1v) is 11.0. The normalized spacial score (nSPS) is 26.9. The lowest BCUT2D eigenvalue weighted by atomic mass is 9.67. The number of aliphatic hydroxyl groups is 1. The molecule has 188 valence electrons. The van der Waals surface area contributed by atoms with Crippen LogP contribution in [0, 0.1) is 11.7 Å². The van der Waals surface area contributed by atoms with Crippen LogP contribution in [0.3, 0.4) is 0 Å². The van der Waals surface area contributed by atoms with E-state index in [9.17, 15) is 22.7 Å². The van der Waals surface area contributed by atoms with Gasteiger partial charge in [0.1, 0.15) is 29.8 Å². The monoisotopic (exact) mass is 516 g/mol. The molecule has 12 heteroatoms. The molecule has 0 aromatic heterocycles. The Kier molecular flexibility index (Phi) is 6.58. The number of alkyl halides is 3. The minimum atomic E-state index is -5.08. The van der Waals surface area contributed by atoms with E-state index in [0.717, 1.165) is 12.0 Å². The molecular formula is C23H21ClF4N2O5. The number of ether oxygens (including phenoxy) is 2. The first-order chi connectivity index (χ1) is 16.4. The number of amidine groups is 1. The number of aliphatic imine (C=N–C) groups is 1. The zero-order chi connectivity index (χ0) is 25.5. The Balaban J connectivity index is 0.000000364. The van der Waals surface area contributed by atoms with Gasteiger partial charge in [-0.2, -0.15) is 13.2 Å². The molecule has 1 saturated carbocycles. The van der Waals surface area contributed by atoms with Gasteiger partial charge in [-0.3, -0.25) is 0 Å². The lowest BCUT2D eigenvalue weighted by molar-refractivity contribution is -0.192.